The third-order valence-electron chi connectivity index (χ3n) is 4.57. The van der Waals surface area contributed by atoms with Crippen LogP contribution < -0.4 is 9.46 Å². The summed E-state index contributed by atoms with van der Waals surface area (Å²) in [5, 5.41) is 0. The van der Waals surface area contributed by atoms with Crippen LogP contribution in [-0.4, -0.2) is 35.3 Å². The summed E-state index contributed by atoms with van der Waals surface area (Å²) >= 11 is 4.52. The average Bonchev–Trinajstić information content (AvgIpc) is 3.08. The van der Waals surface area contributed by atoms with Gasteiger partial charge in [-0.1, -0.05) is 12.1 Å². The van der Waals surface area contributed by atoms with E-state index in [2.05, 4.69) is 20.7 Å². The van der Waals surface area contributed by atoms with E-state index in [1.165, 1.54) is 11.3 Å². The van der Waals surface area contributed by atoms with Crippen LogP contribution >= 0.6 is 27.3 Å². The van der Waals surface area contributed by atoms with Gasteiger partial charge in [0.25, 0.3) is 0 Å². The molecule has 136 valence electrons. The maximum atomic E-state index is 12.6. The summed E-state index contributed by atoms with van der Waals surface area (Å²) in [6, 6.07) is 11.2. The topological polar surface area (TPSA) is 64.6 Å². The highest BCUT2D eigenvalue weighted by Crippen LogP contribution is 2.36. The molecule has 0 unspecified atom stereocenters. The second-order valence-corrected chi connectivity index (χ2v) is 10.5. The van der Waals surface area contributed by atoms with Crippen LogP contribution in [-0.2, 0) is 20.2 Å². The van der Waals surface area contributed by atoms with Crippen molar-refractivity contribution < 1.29 is 17.9 Å². The minimum absolute atomic E-state index is 0.272. The smallest absolute Gasteiger partial charge is 0.250 e. The van der Waals surface area contributed by atoms with E-state index >= 15 is 0 Å². The Morgan fingerprint density at radius 2 is 1.88 bits per heavy atom. The lowest BCUT2D eigenvalue weighted by molar-refractivity contribution is 0.0517. The molecule has 1 N–H and O–H groups in total. The van der Waals surface area contributed by atoms with E-state index in [-0.39, 0.29) is 5.41 Å². The summed E-state index contributed by atoms with van der Waals surface area (Å²) in [6.07, 6.45) is 1.55. The predicted octanol–water partition coefficient (Wildman–Crippen LogP) is 3.55. The fourth-order valence-corrected chi connectivity index (χ4v) is 6.20. The van der Waals surface area contributed by atoms with Crippen LogP contribution in [0.1, 0.15) is 18.4 Å². The Balaban J connectivity index is 1.83. The average molecular weight is 446 g/mol. The maximum Gasteiger partial charge on any atom is 0.250 e. The molecule has 2 heterocycles. The van der Waals surface area contributed by atoms with Gasteiger partial charge in [-0.05, 0) is 58.6 Å². The van der Waals surface area contributed by atoms with Gasteiger partial charge in [0.15, 0.2) is 0 Å². The monoisotopic (exact) mass is 445 g/mol. The summed E-state index contributed by atoms with van der Waals surface area (Å²) in [5.41, 5.74) is 0.832. The molecule has 1 aromatic heterocycles. The number of ether oxygens (including phenoxy) is 2. The fourth-order valence-electron chi connectivity index (χ4n) is 3.02. The second-order valence-electron chi connectivity index (χ2n) is 6.00. The molecular weight excluding hydrogens is 426 g/mol. The summed E-state index contributed by atoms with van der Waals surface area (Å²) in [6.45, 7) is 1.59. The van der Waals surface area contributed by atoms with Crippen LogP contribution in [0.4, 0.5) is 0 Å². The molecule has 25 heavy (non-hydrogen) atoms. The standard InChI is InChI=1S/C17H20BrNO4S2/c1-22-14-4-2-13(3-5-14)17(8-10-23-11-9-17)12-19-25(20,21)16-7-6-15(18)24-16/h2-7,19H,8-12H2,1H3. The lowest BCUT2D eigenvalue weighted by Gasteiger charge is -2.37. The van der Waals surface area contributed by atoms with Gasteiger partial charge in [0.2, 0.25) is 10.0 Å². The first-order valence-corrected chi connectivity index (χ1v) is 11.0. The van der Waals surface area contributed by atoms with E-state index in [0.717, 1.165) is 27.9 Å². The Kier molecular flexibility index (Phi) is 5.85. The molecule has 0 saturated carbocycles. The van der Waals surface area contributed by atoms with Crippen molar-refractivity contribution >= 4 is 37.3 Å². The number of thiophene rings is 1. The van der Waals surface area contributed by atoms with Gasteiger partial charge < -0.3 is 9.47 Å². The number of methoxy groups -OCH3 is 1. The molecule has 0 atom stereocenters. The van der Waals surface area contributed by atoms with Gasteiger partial charge in [-0.3, -0.25) is 0 Å². The van der Waals surface area contributed by atoms with Gasteiger partial charge in [0.05, 0.1) is 10.9 Å². The number of rotatable bonds is 6. The molecule has 5 nitrogen and oxygen atoms in total. The van der Waals surface area contributed by atoms with Crippen LogP contribution in [0.15, 0.2) is 44.4 Å². The molecule has 8 heteroatoms. The van der Waals surface area contributed by atoms with Crippen molar-refractivity contribution in [2.24, 2.45) is 0 Å². The Bertz CT molecular complexity index is 811. The van der Waals surface area contributed by atoms with E-state index < -0.39 is 10.0 Å². The number of benzene rings is 1. The molecular formula is C17H20BrNO4S2. The molecule has 1 aliphatic heterocycles. The highest BCUT2D eigenvalue weighted by Gasteiger charge is 2.36. The zero-order chi connectivity index (χ0) is 17.9. The molecule has 1 saturated heterocycles. The molecule has 0 radical (unpaired) electrons. The molecule has 1 aliphatic rings. The Morgan fingerprint density at radius 3 is 2.44 bits per heavy atom. The normalized spacial score (nSPS) is 17.4. The molecule has 3 rings (SSSR count). The van der Waals surface area contributed by atoms with Gasteiger partial charge >= 0.3 is 0 Å². The number of hydrogen-bond donors (Lipinski definition) is 1. The first kappa shape index (κ1) is 18.8. The van der Waals surface area contributed by atoms with Crippen molar-refractivity contribution in [1.29, 1.82) is 0 Å². The van der Waals surface area contributed by atoms with Gasteiger partial charge in [-0.15, -0.1) is 11.3 Å². The van der Waals surface area contributed by atoms with Crippen LogP contribution in [0.2, 0.25) is 0 Å². The molecule has 0 amide bonds. The third kappa shape index (κ3) is 4.25. The lowest BCUT2D eigenvalue weighted by Crippen LogP contribution is -2.44. The fraction of sp³-hybridized carbons (Fsp3) is 0.412. The van der Waals surface area contributed by atoms with Crippen molar-refractivity contribution in [2.45, 2.75) is 22.5 Å². The highest BCUT2D eigenvalue weighted by atomic mass is 79.9. The number of halogens is 1. The van der Waals surface area contributed by atoms with Gasteiger partial charge in [-0.2, -0.15) is 0 Å². The third-order valence-corrected chi connectivity index (χ3v) is 8.08. The van der Waals surface area contributed by atoms with E-state index in [0.29, 0.717) is 24.0 Å². The van der Waals surface area contributed by atoms with Crippen LogP contribution in [0, 0.1) is 0 Å². The van der Waals surface area contributed by atoms with Crippen LogP contribution in [0.5, 0.6) is 5.75 Å². The van der Waals surface area contributed by atoms with Crippen molar-refractivity contribution in [3.05, 3.63) is 45.7 Å². The largest absolute Gasteiger partial charge is 0.497 e. The lowest BCUT2D eigenvalue weighted by atomic mass is 9.74. The van der Waals surface area contributed by atoms with Crippen molar-refractivity contribution in [3.8, 4) is 5.75 Å². The SMILES string of the molecule is COc1ccc(C2(CNS(=O)(=O)c3ccc(Br)s3)CCOCC2)cc1. The molecule has 1 fully saturated rings. The van der Waals surface area contributed by atoms with Crippen molar-refractivity contribution in [1.82, 2.24) is 4.72 Å². The summed E-state index contributed by atoms with van der Waals surface area (Å²) < 4.78 is 39.8. The predicted molar refractivity (Wildman–Crippen MR) is 102 cm³/mol. The Hall–Kier alpha value is -0.930. The van der Waals surface area contributed by atoms with E-state index in [1.807, 2.05) is 24.3 Å². The van der Waals surface area contributed by atoms with Gasteiger partial charge in [0, 0.05) is 25.2 Å². The maximum absolute atomic E-state index is 12.6. The molecule has 0 bridgehead atoms. The van der Waals surface area contributed by atoms with Crippen LogP contribution in [0.3, 0.4) is 0 Å². The Labute approximate surface area is 160 Å². The van der Waals surface area contributed by atoms with E-state index in [1.54, 1.807) is 19.2 Å². The molecule has 1 aromatic carbocycles. The van der Waals surface area contributed by atoms with Crippen molar-refractivity contribution in [2.75, 3.05) is 26.9 Å². The highest BCUT2D eigenvalue weighted by molar-refractivity contribution is 9.11. The minimum atomic E-state index is -3.52. The second kappa shape index (κ2) is 7.75. The first-order valence-electron chi connectivity index (χ1n) is 7.92. The van der Waals surface area contributed by atoms with Gasteiger partial charge in [-0.25, -0.2) is 13.1 Å². The number of sulfonamides is 1. The van der Waals surface area contributed by atoms with Crippen LogP contribution in [0.25, 0.3) is 0 Å². The molecule has 2 aromatic rings. The quantitative estimate of drug-likeness (QED) is 0.738. The van der Waals surface area contributed by atoms with E-state index in [9.17, 15) is 8.42 Å². The molecule has 0 aliphatic carbocycles. The van der Waals surface area contributed by atoms with E-state index in [4.69, 9.17) is 9.47 Å². The zero-order valence-electron chi connectivity index (χ0n) is 13.8. The zero-order valence-corrected chi connectivity index (χ0v) is 17.0. The first-order chi connectivity index (χ1) is 12.0. The Morgan fingerprint density at radius 1 is 1.20 bits per heavy atom. The molecule has 0 spiro atoms. The number of nitrogens with one attached hydrogen (secondary N) is 1. The minimum Gasteiger partial charge on any atom is -0.497 e. The summed E-state index contributed by atoms with van der Waals surface area (Å²) in [7, 11) is -1.89. The summed E-state index contributed by atoms with van der Waals surface area (Å²) in [4.78, 5) is 0. The number of hydrogen-bond acceptors (Lipinski definition) is 5. The summed E-state index contributed by atoms with van der Waals surface area (Å²) in [5.74, 6) is 0.787. The van der Waals surface area contributed by atoms with Crippen molar-refractivity contribution in [3.63, 3.8) is 0 Å². The van der Waals surface area contributed by atoms with Gasteiger partial charge in [0.1, 0.15) is 9.96 Å².